The van der Waals surface area contributed by atoms with Gasteiger partial charge in [-0.1, -0.05) is 13.3 Å². The molecule has 2 amide bonds. The summed E-state index contributed by atoms with van der Waals surface area (Å²) in [5.74, 6) is -2.14. The summed E-state index contributed by atoms with van der Waals surface area (Å²) in [7, 11) is -3.58. The van der Waals surface area contributed by atoms with Crippen LogP contribution in [0.1, 0.15) is 74.0 Å². The topological polar surface area (TPSA) is 118 Å². The molecular formula is C25H26N2O7S. The molecular weight excluding hydrogens is 472 g/mol. The van der Waals surface area contributed by atoms with E-state index in [1.165, 1.54) is 51.7 Å². The van der Waals surface area contributed by atoms with E-state index in [-0.39, 0.29) is 33.1 Å². The molecule has 2 heterocycles. The van der Waals surface area contributed by atoms with Crippen molar-refractivity contribution in [3.05, 3.63) is 64.7 Å². The third kappa shape index (κ3) is 4.89. The van der Waals surface area contributed by atoms with Crippen molar-refractivity contribution >= 4 is 33.6 Å². The van der Waals surface area contributed by atoms with Crippen molar-refractivity contribution in [2.24, 2.45) is 0 Å². The summed E-state index contributed by atoms with van der Waals surface area (Å²) in [4.78, 5) is 51.2. The number of rotatable bonds is 9. The van der Waals surface area contributed by atoms with Crippen LogP contribution in [0.3, 0.4) is 0 Å². The standard InChI is InChI=1S/C25H26N2O7S/c1-2-3-14-27-23(29)20-11-8-18(15-21(20)24(27)30)25(31)34-16-22(28)17-6-9-19(10-7-17)35(32,33)26-12-4-5-13-26/h6-11,15H,2-5,12-14,16H2,1H3. The maximum absolute atomic E-state index is 12.6. The number of ketones is 1. The molecule has 2 aliphatic rings. The lowest BCUT2D eigenvalue weighted by molar-refractivity contribution is 0.0474. The highest BCUT2D eigenvalue weighted by Gasteiger charge is 2.35. The van der Waals surface area contributed by atoms with E-state index < -0.39 is 34.3 Å². The first-order valence-electron chi connectivity index (χ1n) is 11.5. The predicted molar refractivity (Wildman–Crippen MR) is 126 cm³/mol. The van der Waals surface area contributed by atoms with Gasteiger partial charge in [0.15, 0.2) is 12.4 Å². The molecule has 4 rings (SSSR count). The number of amides is 2. The van der Waals surface area contributed by atoms with Gasteiger partial charge in [-0.25, -0.2) is 13.2 Å². The van der Waals surface area contributed by atoms with Crippen LogP contribution >= 0.6 is 0 Å². The Morgan fingerprint density at radius 2 is 1.54 bits per heavy atom. The van der Waals surface area contributed by atoms with Crippen molar-refractivity contribution in [3.63, 3.8) is 0 Å². The Bertz CT molecular complexity index is 1280. The Hall–Kier alpha value is -3.37. The largest absolute Gasteiger partial charge is 0.454 e. The fraction of sp³-hybridized carbons (Fsp3) is 0.360. The highest BCUT2D eigenvalue weighted by molar-refractivity contribution is 7.89. The SMILES string of the molecule is CCCCN1C(=O)c2ccc(C(=O)OCC(=O)c3ccc(S(=O)(=O)N4CCCC4)cc3)cc2C1=O. The molecule has 1 fully saturated rings. The van der Waals surface area contributed by atoms with E-state index in [0.29, 0.717) is 26.1 Å². The van der Waals surface area contributed by atoms with E-state index in [2.05, 4.69) is 0 Å². The van der Waals surface area contributed by atoms with Crippen LogP contribution in [0.2, 0.25) is 0 Å². The van der Waals surface area contributed by atoms with Crippen LogP contribution in [-0.2, 0) is 14.8 Å². The second kappa shape index (κ2) is 10.1. The van der Waals surface area contributed by atoms with Crippen LogP contribution in [-0.4, -0.2) is 67.4 Å². The zero-order valence-corrected chi connectivity index (χ0v) is 20.2. The number of carbonyl (C=O) groups excluding carboxylic acids is 4. The Morgan fingerprint density at radius 3 is 2.20 bits per heavy atom. The molecule has 0 radical (unpaired) electrons. The van der Waals surface area contributed by atoms with Crippen molar-refractivity contribution in [1.82, 2.24) is 9.21 Å². The van der Waals surface area contributed by atoms with Gasteiger partial charge in [-0.3, -0.25) is 19.3 Å². The van der Waals surface area contributed by atoms with Crippen molar-refractivity contribution in [2.75, 3.05) is 26.2 Å². The van der Waals surface area contributed by atoms with E-state index in [0.717, 1.165) is 19.3 Å². The number of imide groups is 1. The quantitative estimate of drug-likeness (QED) is 0.296. The van der Waals surface area contributed by atoms with Crippen LogP contribution in [0, 0.1) is 0 Å². The number of hydrogen-bond donors (Lipinski definition) is 0. The lowest BCUT2D eigenvalue weighted by atomic mass is 10.1. The fourth-order valence-corrected chi connectivity index (χ4v) is 5.64. The normalized spacial score (nSPS) is 16.0. The van der Waals surface area contributed by atoms with Crippen LogP contribution in [0.4, 0.5) is 0 Å². The lowest BCUT2D eigenvalue weighted by Crippen LogP contribution is -2.30. The zero-order valence-electron chi connectivity index (χ0n) is 19.4. The van der Waals surface area contributed by atoms with E-state index in [4.69, 9.17) is 4.74 Å². The summed E-state index contributed by atoms with van der Waals surface area (Å²) >= 11 is 0. The van der Waals surface area contributed by atoms with Crippen molar-refractivity contribution in [3.8, 4) is 0 Å². The highest BCUT2D eigenvalue weighted by Crippen LogP contribution is 2.25. The summed E-state index contributed by atoms with van der Waals surface area (Å²) in [5.41, 5.74) is 0.644. The second-order valence-electron chi connectivity index (χ2n) is 8.51. The molecule has 10 heteroatoms. The molecule has 2 aliphatic heterocycles. The third-order valence-electron chi connectivity index (χ3n) is 6.16. The van der Waals surface area contributed by atoms with Crippen molar-refractivity contribution in [2.45, 2.75) is 37.5 Å². The molecule has 1 saturated heterocycles. The lowest BCUT2D eigenvalue weighted by Gasteiger charge is -2.15. The van der Waals surface area contributed by atoms with Gasteiger partial charge in [0.25, 0.3) is 11.8 Å². The maximum Gasteiger partial charge on any atom is 0.338 e. The molecule has 9 nitrogen and oxygen atoms in total. The van der Waals surface area contributed by atoms with E-state index in [1.807, 2.05) is 6.92 Å². The van der Waals surface area contributed by atoms with Gasteiger partial charge in [-0.05, 0) is 61.7 Å². The Balaban J connectivity index is 1.39. The molecule has 35 heavy (non-hydrogen) atoms. The number of ether oxygens (including phenoxy) is 1. The molecule has 0 saturated carbocycles. The number of unbranched alkanes of at least 4 members (excludes halogenated alkanes) is 1. The van der Waals surface area contributed by atoms with Gasteiger partial charge >= 0.3 is 5.97 Å². The number of Topliss-reactive ketones (excluding diaryl/α,β-unsaturated/α-hetero) is 1. The van der Waals surface area contributed by atoms with Gasteiger partial charge in [-0.2, -0.15) is 4.31 Å². The van der Waals surface area contributed by atoms with Gasteiger partial charge in [0.2, 0.25) is 10.0 Å². The molecule has 2 aromatic rings. The first-order chi connectivity index (χ1) is 16.7. The Kier molecular flexibility index (Phi) is 7.13. The molecule has 2 aromatic carbocycles. The number of carbonyl (C=O) groups is 4. The number of nitrogens with zero attached hydrogens (tertiary/aromatic N) is 2. The van der Waals surface area contributed by atoms with Gasteiger partial charge in [-0.15, -0.1) is 0 Å². The number of fused-ring (bicyclic) bond motifs is 1. The molecule has 0 atom stereocenters. The fourth-order valence-electron chi connectivity index (χ4n) is 4.13. The summed E-state index contributed by atoms with van der Waals surface area (Å²) in [5, 5.41) is 0. The third-order valence-corrected chi connectivity index (χ3v) is 8.07. The molecule has 0 N–H and O–H groups in total. The second-order valence-corrected chi connectivity index (χ2v) is 10.4. The molecule has 0 aromatic heterocycles. The number of esters is 1. The average molecular weight is 499 g/mol. The number of sulfonamides is 1. The van der Waals surface area contributed by atoms with Crippen LogP contribution in [0.25, 0.3) is 0 Å². The minimum Gasteiger partial charge on any atom is -0.454 e. The number of hydrogen-bond acceptors (Lipinski definition) is 7. The van der Waals surface area contributed by atoms with Crippen molar-refractivity contribution in [1.29, 1.82) is 0 Å². The van der Waals surface area contributed by atoms with Crippen molar-refractivity contribution < 1.29 is 32.3 Å². The first-order valence-corrected chi connectivity index (χ1v) is 13.0. The summed E-state index contributed by atoms with van der Waals surface area (Å²) < 4.78 is 31.7. The monoisotopic (exact) mass is 498 g/mol. The van der Waals surface area contributed by atoms with E-state index in [1.54, 1.807) is 0 Å². The smallest absolute Gasteiger partial charge is 0.338 e. The zero-order chi connectivity index (χ0) is 25.2. The van der Waals surface area contributed by atoms with E-state index in [9.17, 15) is 27.6 Å². The maximum atomic E-state index is 12.6. The summed E-state index contributed by atoms with van der Waals surface area (Å²) in [6.45, 7) is 2.69. The highest BCUT2D eigenvalue weighted by atomic mass is 32.2. The summed E-state index contributed by atoms with van der Waals surface area (Å²) in [6, 6.07) is 9.64. The molecule has 184 valence electrons. The predicted octanol–water partition coefficient (Wildman–Crippen LogP) is 2.91. The Labute approximate surface area is 203 Å². The molecule has 0 unspecified atom stereocenters. The Morgan fingerprint density at radius 1 is 0.914 bits per heavy atom. The molecule has 0 aliphatic carbocycles. The van der Waals surface area contributed by atoms with Gasteiger partial charge in [0.05, 0.1) is 21.6 Å². The van der Waals surface area contributed by atoms with Gasteiger partial charge < -0.3 is 4.74 Å². The molecule has 0 spiro atoms. The first kappa shape index (κ1) is 24.7. The van der Waals surface area contributed by atoms with Crippen LogP contribution < -0.4 is 0 Å². The van der Waals surface area contributed by atoms with Crippen LogP contribution in [0.5, 0.6) is 0 Å². The minimum absolute atomic E-state index is 0.0575. The van der Waals surface area contributed by atoms with Crippen LogP contribution in [0.15, 0.2) is 47.4 Å². The van der Waals surface area contributed by atoms with E-state index >= 15 is 0 Å². The van der Waals surface area contributed by atoms with Gasteiger partial charge in [0.1, 0.15) is 0 Å². The average Bonchev–Trinajstić information content (AvgIpc) is 3.49. The van der Waals surface area contributed by atoms with Gasteiger partial charge in [0, 0.05) is 25.2 Å². The molecule has 0 bridgehead atoms. The minimum atomic E-state index is -3.58. The number of benzene rings is 2. The summed E-state index contributed by atoms with van der Waals surface area (Å²) in [6.07, 6.45) is 3.17.